The molecule has 0 aromatic carbocycles. The molecule has 1 aromatic heterocycles. The van der Waals surface area contributed by atoms with E-state index in [0.717, 1.165) is 0 Å². The highest BCUT2D eigenvalue weighted by atomic mass is 19.1. The van der Waals surface area contributed by atoms with Crippen LogP contribution in [0.4, 0.5) is 4.39 Å². The lowest BCUT2D eigenvalue weighted by molar-refractivity contribution is 0.419. The minimum absolute atomic E-state index is 0.410. The Balaban J connectivity index is 0.000000371. The number of halogens is 1. The number of nitrogens with zero attached hydrogens (tertiary/aromatic N) is 1. The molecule has 56 valence electrons. The highest BCUT2D eigenvalue weighted by Crippen LogP contribution is 2.08. The van der Waals surface area contributed by atoms with Gasteiger partial charge in [0.2, 0.25) is 0 Å². The van der Waals surface area contributed by atoms with Gasteiger partial charge in [-0.15, -0.1) is 0 Å². The number of hydrogen-bond acceptors (Lipinski definition) is 2. The second-order valence-electron chi connectivity index (χ2n) is 1.31. The van der Waals surface area contributed by atoms with E-state index in [1.165, 1.54) is 18.3 Å². The fourth-order valence-corrected chi connectivity index (χ4v) is 0.378. The minimum Gasteiger partial charge on any atom is -0.504 e. The molecule has 1 heterocycles. The highest BCUT2D eigenvalue weighted by Gasteiger charge is 1.94. The fraction of sp³-hybridized carbons (Fsp3) is 0.286. The van der Waals surface area contributed by atoms with Crippen molar-refractivity contribution in [2.24, 2.45) is 0 Å². The number of aromatic hydroxyl groups is 1. The van der Waals surface area contributed by atoms with Crippen LogP contribution in [-0.2, 0) is 0 Å². The van der Waals surface area contributed by atoms with Crippen molar-refractivity contribution in [3.05, 3.63) is 24.3 Å². The van der Waals surface area contributed by atoms with Gasteiger partial charge in [-0.25, -0.2) is 4.98 Å². The number of aromatic nitrogens is 1. The zero-order chi connectivity index (χ0) is 7.98. The summed E-state index contributed by atoms with van der Waals surface area (Å²) in [6.45, 7) is 4.00. The zero-order valence-electron chi connectivity index (χ0n) is 6.00. The van der Waals surface area contributed by atoms with Crippen LogP contribution < -0.4 is 0 Å². The van der Waals surface area contributed by atoms with Gasteiger partial charge >= 0.3 is 0 Å². The third-order valence-electron chi connectivity index (χ3n) is 0.739. The Labute approximate surface area is 59.3 Å². The van der Waals surface area contributed by atoms with Crippen LogP contribution in [0, 0.1) is 5.95 Å². The van der Waals surface area contributed by atoms with Gasteiger partial charge in [0.25, 0.3) is 5.95 Å². The Hall–Kier alpha value is -1.12. The molecule has 2 nitrogen and oxygen atoms in total. The van der Waals surface area contributed by atoms with Crippen LogP contribution >= 0.6 is 0 Å². The molecule has 0 saturated carbocycles. The Morgan fingerprint density at radius 1 is 1.50 bits per heavy atom. The molecule has 0 fully saturated rings. The van der Waals surface area contributed by atoms with Crippen LogP contribution in [-0.4, -0.2) is 10.1 Å². The van der Waals surface area contributed by atoms with Gasteiger partial charge in [-0.1, -0.05) is 13.8 Å². The summed E-state index contributed by atoms with van der Waals surface area (Å²) in [4.78, 5) is 3.16. The first-order valence-corrected chi connectivity index (χ1v) is 3.10. The van der Waals surface area contributed by atoms with Gasteiger partial charge in [0.15, 0.2) is 5.75 Å². The van der Waals surface area contributed by atoms with Crippen LogP contribution in [0.3, 0.4) is 0 Å². The van der Waals surface area contributed by atoms with E-state index >= 15 is 0 Å². The Kier molecular flexibility index (Phi) is 4.20. The van der Waals surface area contributed by atoms with Crippen molar-refractivity contribution in [2.75, 3.05) is 0 Å². The van der Waals surface area contributed by atoms with Gasteiger partial charge in [0.05, 0.1) is 0 Å². The molecule has 1 rings (SSSR count). The minimum atomic E-state index is -0.826. The summed E-state index contributed by atoms with van der Waals surface area (Å²) in [7, 11) is 0. The van der Waals surface area contributed by atoms with Gasteiger partial charge in [0, 0.05) is 6.20 Å². The molecule has 0 aliphatic rings. The van der Waals surface area contributed by atoms with E-state index in [9.17, 15) is 4.39 Å². The van der Waals surface area contributed by atoms with Crippen molar-refractivity contribution in [1.82, 2.24) is 4.98 Å². The Morgan fingerprint density at radius 3 is 2.40 bits per heavy atom. The van der Waals surface area contributed by atoms with Gasteiger partial charge in [-0.2, -0.15) is 4.39 Å². The molecule has 3 heteroatoms. The van der Waals surface area contributed by atoms with E-state index in [4.69, 9.17) is 5.11 Å². The van der Waals surface area contributed by atoms with Crippen LogP contribution in [0.5, 0.6) is 5.75 Å². The van der Waals surface area contributed by atoms with Gasteiger partial charge in [-0.3, -0.25) is 0 Å². The van der Waals surface area contributed by atoms with Crippen molar-refractivity contribution >= 4 is 0 Å². The predicted molar refractivity (Wildman–Crippen MR) is 37.2 cm³/mol. The fourth-order valence-electron chi connectivity index (χ4n) is 0.378. The van der Waals surface area contributed by atoms with Crippen molar-refractivity contribution < 1.29 is 9.50 Å². The molecule has 0 amide bonds. The molecule has 0 radical (unpaired) electrons. The summed E-state index contributed by atoms with van der Waals surface area (Å²) in [6.07, 6.45) is 1.27. The van der Waals surface area contributed by atoms with Gasteiger partial charge < -0.3 is 5.11 Å². The topological polar surface area (TPSA) is 33.1 Å². The van der Waals surface area contributed by atoms with Crippen LogP contribution in [0.25, 0.3) is 0 Å². The zero-order valence-corrected chi connectivity index (χ0v) is 6.00. The summed E-state index contributed by atoms with van der Waals surface area (Å²) >= 11 is 0. The number of rotatable bonds is 0. The van der Waals surface area contributed by atoms with Crippen molar-refractivity contribution in [2.45, 2.75) is 13.8 Å². The summed E-state index contributed by atoms with van der Waals surface area (Å²) in [5.74, 6) is -1.24. The van der Waals surface area contributed by atoms with Crippen molar-refractivity contribution in [1.29, 1.82) is 0 Å². The maximum absolute atomic E-state index is 12.0. The van der Waals surface area contributed by atoms with E-state index < -0.39 is 11.7 Å². The molecule has 1 N–H and O–H groups in total. The first kappa shape index (κ1) is 8.88. The molecule has 0 bridgehead atoms. The number of hydrogen-bond donors (Lipinski definition) is 1. The van der Waals surface area contributed by atoms with Crippen molar-refractivity contribution in [3.8, 4) is 5.75 Å². The monoisotopic (exact) mass is 143 g/mol. The molecule has 0 atom stereocenters. The largest absolute Gasteiger partial charge is 0.504 e. The molecular weight excluding hydrogens is 133 g/mol. The molecule has 10 heavy (non-hydrogen) atoms. The average molecular weight is 143 g/mol. The molecule has 0 unspecified atom stereocenters. The smallest absolute Gasteiger partial charge is 0.254 e. The van der Waals surface area contributed by atoms with Crippen LogP contribution in [0.2, 0.25) is 0 Å². The quantitative estimate of drug-likeness (QED) is 0.563. The molecule has 0 aliphatic carbocycles. The predicted octanol–water partition coefficient (Wildman–Crippen LogP) is 1.95. The SMILES string of the molecule is CC.Oc1cccnc1F. The second kappa shape index (κ2) is 4.73. The van der Waals surface area contributed by atoms with E-state index in [1.807, 2.05) is 13.8 Å². The Morgan fingerprint density at radius 2 is 2.10 bits per heavy atom. The lowest BCUT2D eigenvalue weighted by atomic mass is 10.5. The molecule has 0 aliphatic heterocycles. The average Bonchev–Trinajstić information content (AvgIpc) is 2.00. The molecular formula is C7H10FNO. The summed E-state index contributed by atoms with van der Waals surface area (Å²) < 4.78 is 12.0. The Bertz CT molecular complexity index is 170. The molecule has 1 aromatic rings. The van der Waals surface area contributed by atoms with Crippen LogP contribution in [0.1, 0.15) is 13.8 Å². The van der Waals surface area contributed by atoms with E-state index in [1.54, 1.807) is 0 Å². The summed E-state index contributed by atoms with van der Waals surface area (Å²) in [6, 6.07) is 2.70. The first-order valence-electron chi connectivity index (χ1n) is 3.10. The lowest BCUT2D eigenvalue weighted by Gasteiger charge is -1.87. The van der Waals surface area contributed by atoms with E-state index in [0.29, 0.717) is 0 Å². The van der Waals surface area contributed by atoms with E-state index in [2.05, 4.69) is 4.98 Å². The second-order valence-corrected chi connectivity index (χ2v) is 1.31. The molecule has 0 spiro atoms. The maximum Gasteiger partial charge on any atom is 0.254 e. The lowest BCUT2D eigenvalue weighted by Crippen LogP contribution is -1.78. The standard InChI is InChI=1S/C5H4FNO.C2H6/c6-5-4(8)2-1-3-7-5;1-2/h1-3,8H;1-2H3. The summed E-state index contributed by atoms with van der Waals surface area (Å²) in [5, 5.41) is 8.48. The third kappa shape index (κ3) is 2.44. The number of pyridine rings is 1. The summed E-state index contributed by atoms with van der Waals surface area (Å²) in [5.41, 5.74) is 0. The van der Waals surface area contributed by atoms with Gasteiger partial charge in [0.1, 0.15) is 0 Å². The van der Waals surface area contributed by atoms with Crippen molar-refractivity contribution in [3.63, 3.8) is 0 Å². The maximum atomic E-state index is 12.0. The normalized spacial score (nSPS) is 7.90. The molecule has 0 saturated heterocycles. The van der Waals surface area contributed by atoms with Gasteiger partial charge in [-0.05, 0) is 12.1 Å². The van der Waals surface area contributed by atoms with E-state index in [-0.39, 0.29) is 0 Å². The third-order valence-corrected chi connectivity index (χ3v) is 0.739. The first-order chi connectivity index (χ1) is 4.80. The van der Waals surface area contributed by atoms with Crippen LogP contribution in [0.15, 0.2) is 18.3 Å². The highest BCUT2D eigenvalue weighted by molar-refractivity contribution is 5.14.